The molecule has 1 heterocycles. The Morgan fingerprint density at radius 1 is 1.78 bits per heavy atom. The number of hydrogen-bond donors (Lipinski definition) is 1. The summed E-state index contributed by atoms with van der Waals surface area (Å²) in [6.07, 6.45) is 0. The lowest BCUT2D eigenvalue weighted by Gasteiger charge is -2.28. The first-order chi connectivity index (χ1) is 4.20. The van der Waals surface area contributed by atoms with E-state index in [1.54, 1.807) is 4.90 Å². The maximum absolute atomic E-state index is 10.8. The summed E-state index contributed by atoms with van der Waals surface area (Å²) in [6, 6.07) is 0.452. The summed E-state index contributed by atoms with van der Waals surface area (Å²) < 4.78 is 0. The normalized spacial score (nSPS) is 28.9. The third-order valence-electron chi connectivity index (χ3n) is 1.58. The number of carbonyl (C=O) groups is 1. The van der Waals surface area contributed by atoms with Crippen LogP contribution < -0.4 is 5.32 Å². The second kappa shape index (κ2) is 2.35. The third kappa shape index (κ3) is 1.42. The molecular formula is C6H12N2O. The van der Waals surface area contributed by atoms with Crippen molar-refractivity contribution < 1.29 is 4.79 Å². The molecule has 0 radical (unpaired) electrons. The molecule has 1 atom stereocenters. The van der Waals surface area contributed by atoms with E-state index in [2.05, 4.69) is 12.2 Å². The van der Waals surface area contributed by atoms with Gasteiger partial charge in [-0.2, -0.15) is 0 Å². The fraction of sp³-hybridized carbons (Fsp3) is 0.833. The fourth-order valence-electron chi connectivity index (χ4n) is 0.974. The molecule has 1 N–H and O–H groups in total. The number of amides is 1. The minimum atomic E-state index is 0.188. The van der Waals surface area contributed by atoms with Crippen LogP contribution in [-0.2, 0) is 4.79 Å². The van der Waals surface area contributed by atoms with Crippen molar-refractivity contribution >= 4 is 5.91 Å². The molecule has 0 aromatic rings. The number of hydrogen-bond acceptors (Lipinski definition) is 2. The Balaban J connectivity index is 2.44. The molecule has 0 bridgehead atoms. The highest BCUT2D eigenvalue weighted by Crippen LogP contribution is 1.94. The van der Waals surface area contributed by atoms with Crippen molar-refractivity contribution in [3.05, 3.63) is 0 Å². The van der Waals surface area contributed by atoms with Crippen molar-refractivity contribution in [2.75, 3.05) is 20.1 Å². The number of nitrogens with one attached hydrogen (secondary N) is 1. The highest BCUT2D eigenvalue weighted by atomic mass is 16.2. The second-order valence-corrected chi connectivity index (χ2v) is 2.56. The Labute approximate surface area is 55.0 Å². The molecule has 0 saturated carbocycles. The van der Waals surface area contributed by atoms with Gasteiger partial charge in [-0.05, 0) is 6.92 Å². The van der Waals surface area contributed by atoms with Gasteiger partial charge in [0.25, 0.3) is 0 Å². The maximum Gasteiger partial charge on any atom is 0.236 e. The molecule has 0 spiro atoms. The minimum Gasteiger partial charge on any atom is -0.343 e. The van der Waals surface area contributed by atoms with Crippen LogP contribution in [0.1, 0.15) is 6.92 Å². The molecule has 1 amide bonds. The highest BCUT2D eigenvalue weighted by molar-refractivity contribution is 5.78. The van der Waals surface area contributed by atoms with Crippen LogP contribution in [0.3, 0.4) is 0 Å². The van der Waals surface area contributed by atoms with Gasteiger partial charge in [0.15, 0.2) is 0 Å². The predicted octanol–water partition coefficient (Wildman–Crippen LogP) is -0.563. The van der Waals surface area contributed by atoms with Crippen LogP contribution in [0.15, 0.2) is 0 Å². The van der Waals surface area contributed by atoms with Gasteiger partial charge in [-0.25, -0.2) is 0 Å². The molecule has 0 unspecified atom stereocenters. The van der Waals surface area contributed by atoms with Gasteiger partial charge in [0, 0.05) is 19.6 Å². The Hall–Kier alpha value is -0.570. The standard InChI is InChI=1S/C6H12N2O/c1-5-4-8(2)6(9)3-7-5/h5,7H,3-4H2,1-2H3/t5-/m0/s1. The molecule has 3 nitrogen and oxygen atoms in total. The highest BCUT2D eigenvalue weighted by Gasteiger charge is 2.17. The molecule has 0 aromatic heterocycles. The summed E-state index contributed by atoms with van der Waals surface area (Å²) >= 11 is 0. The summed E-state index contributed by atoms with van der Waals surface area (Å²) in [4.78, 5) is 12.6. The summed E-state index contributed by atoms with van der Waals surface area (Å²) in [5.41, 5.74) is 0. The maximum atomic E-state index is 10.8. The largest absolute Gasteiger partial charge is 0.343 e. The summed E-state index contributed by atoms with van der Waals surface area (Å²) in [5.74, 6) is 0.188. The Morgan fingerprint density at radius 2 is 2.44 bits per heavy atom. The zero-order chi connectivity index (χ0) is 6.85. The molecule has 3 heteroatoms. The van der Waals surface area contributed by atoms with Crippen molar-refractivity contribution in [3.63, 3.8) is 0 Å². The minimum absolute atomic E-state index is 0.188. The number of carbonyl (C=O) groups excluding carboxylic acids is 1. The van der Waals surface area contributed by atoms with E-state index < -0.39 is 0 Å². The van der Waals surface area contributed by atoms with Gasteiger partial charge in [-0.1, -0.05) is 0 Å². The molecule has 52 valence electrons. The van der Waals surface area contributed by atoms with Gasteiger partial charge in [-0.3, -0.25) is 4.79 Å². The zero-order valence-electron chi connectivity index (χ0n) is 5.85. The van der Waals surface area contributed by atoms with Crippen LogP contribution in [0, 0.1) is 0 Å². The van der Waals surface area contributed by atoms with Gasteiger partial charge < -0.3 is 10.2 Å². The smallest absolute Gasteiger partial charge is 0.236 e. The summed E-state index contributed by atoms with van der Waals surface area (Å²) in [5, 5.41) is 3.07. The van der Waals surface area contributed by atoms with Gasteiger partial charge in [0.05, 0.1) is 6.54 Å². The zero-order valence-corrected chi connectivity index (χ0v) is 5.85. The predicted molar refractivity (Wildman–Crippen MR) is 35.1 cm³/mol. The van der Waals surface area contributed by atoms with Crippen LogP contribution in [0.5, 0.6) is 0 Å². The van der Waals surface area contributed by atoms with E-state index in [-0.39, 0.29) is 5.91 Å². The lowest BCUT2D eigenvalue weighted by atomic mass is 10.2. The fourth-order valence-corrected chi connectivity index (χ4v) is 0.974. The van der Waals surface area contributed by atoms with Crippen molar-refractivity contribution in [1.82, 2.24) is 10.2 Å². The molecule has 1 fully saturated rings. The molecule has 0 aromatic carbocycles. The third-order valence-corrected chi connectivity index (χ3v) is 1.58. The van der Waals surface area contributed by atoms with E-state index in [0.29, 0.717) is 12.6 Å². The van der Waals surface area contributed by atoms with Gasteiger partial charge in [0.2, 0.25) is 5.91 Å². The van der Waals surface area contributed by atoms with E-state index in [0.717, 1.165) is 6.54 Å². The van der Waals surface area contributed by atoms with Gasteiger partial charge in [0.1, 0.15) is 0 Å². The van der Waals surface area contributed by atoms with E-state index >= 15 is 0 Å². The second-order valence-electron chi connectivity index (χ2n) is 2.56. The van der Waals surface area contributed by atoms with Crippen molar-refractivity contribution in [2.45, 2.75) is 13.0 Å². The first-order valence-electron chi connectivity index (χ1n) is 3.17. The van der Waals surface area contributed by atoms with Gasteiger partial charge >= 0.3 is 0 Å². The Bertz CT molecular complexity index is 124. The number of nitrogens with zero attached hydrogens (tertiary/aromatic N) is 1. The monoisotopic (exact) mass is 128 g/mol. The van der Waals surface area contributed by atoms with Crippen LogP contribution in [0.4, 0.5) is 0 Å². The summed E-state index contributed by atoms with van der Waals surface area (Å²) in [6.45, 7) is 3.40. The van der Waals surface area contributed by atoms with E-state index in [9.17, 15) is 4.79 Å². The van der Waals surface area contributed by atoms with Crippen LogP contribution in [0.25, 0.3) is 0 Å². The molecule has 0 aliphatic carbocycles. The van der Waals surface area contributed by atoms with E-state index in [1.807, 2.05) is 7.05 Å². The quantitative estimate of drug-likeness (QED) is 0.474. The van der Waals surface area contributed by atoms with E-state index in [4.69, 9.17) is 0 Å². The molecule has 9 heavy (non-hydrogen) atoms. The number of piperazine rings is 1. The summed E-state index contributed by atoms with van der Waals surface area (Å²) in [7, 11) is 1.83. The average Bonchev–Trinajstić information content (AvgIpc) is 1.80. The topological polar surface area (TPSA) is 32.3 Å². The lowest BCUT2D eigenvalue weighted by molar-refractivity contribution is -0.131. The van der Waals surface area contributed by atoms with Gasteiger partial charge in [-0.15, -0.1) is 0 Å². The molecular weight excluding hydrogens is 116 g/mol. The van der Waals surface area contributed by atoms with Crippen LogP contribution in [-0.4, -0.2) is 37.0 Å². The Kier molecular flexibility index (Phi) is 1.71. The van der Waals surface area contributed by atoms with Crippen molar-refractivity contribution in [3.8, 4) is 0 Å². The molecule has 1 aliphatic rings. The molecule has 1 saturated heterocycles. The van der Waals surface area contributed by atoms with Crippen molar-refractivity contribution in [2.24, 2.45) is 0 Å². The number of rotatable bonds is 0. The lowest BCUT2D eigenvalue weighted by Crippen LogP contribution is -2.51. The first-order valence-corrected chi connectivity index (χ1v) is 3.17. The number of likely N-dealkylation sites (N-methyl/N-ethyl adjacent to an activating group) is 1. The van der Waals surface area contributed by atoms with Crippen LogP contribution in [0.2, 0.25) is 0 Å². The Morgan fingerprint density at radius 3 is 2.89 bits per heavy atom. The SMILES string of the molecule is C[C@H]1CN(C)C(=O)CN1. The molecule has 1 rings (SSSR count). The van der Waals surface area contributed by atoms with E-state index in [1.165, 1.54) is 0 Å². The average molecular weight is 128 g/mol. The molecule has 1 aliphatic heterocycles. The van der Waals surface area contributed by atoms with Crippen LogP contribution >= 0.6 is 0 Å². The van der Waals surface area contributed by atoms with Crippen molar-refractivity contribution in [1.29, 1.82) is 0 Å². The first kappa shape index (κ1) is 6.55.